The molecule has 1 amide bonds. The molecule has 1 aliphatic rings. The van der Waals surface area contributed by atoms with Gasteiger partial charge in [0, 0.05) is 30.4 Å². The molecule has 0 radical (unpaired) electrons. The van der Waals surface area contributed by atoms with Crippen LogP contribution in [-0.4, -0.2) is 29.0 Å². The van der Waals surface area contributed by atoms with Gasteiger partial charge in [-0.2, -0.15) is 0 Å². The van der Waals surface area contributed by atoms with E-state index in [-0.39, 0.29) is 11.8 Å². The summed E-state index contributed by atoms with van der Waals surface area (Å²) >= 11 is 0. The molecule has 5 heteroatoms. The van der Waals surface area contributed by atoms with Crippen molar-refractivity contribution in [1.29, 1.82) is 0 Å². The van der Waals surface area contributed by atoms with Crippen molar-refractivity contribution in [2.24, 2.45) is 5.92 Å². The van der Waals surface area contributed by atoms with Crippen molar-refractivity contribution in [3.8, 4) is 17.1 Å². The van der Waals surface area contributed by atoms with Crippen LogP contribution in [0.1, 0.15) is 15.9 Å². The summed E-state index contributed by atoms with van der Waals surface area (Å²) in [4.78, 5) is 20.9. The Morgan fingerprint density at radius 2 is 1.77 bits per heavy atom. The summed E-state index contributed by atoms with van der Waals surface area (Å²) < 4.78 is 5.76. The molecule has 0 saturated heterocycles. The van der Waals surface area contributed by atoms with Crippen molar-refractivity contribution >= 4 is 5.91 Å². The van der Waals surface area contributed by atoms with E-state index in [0.717, 1.165) is 17.7 Å². The van der Waals surface area contributed by atoms with E-state index in [9.17, 15) is 4.79 Å². The highest BCUT2D eigenvalue weighted by atomic mass is 16.5. The van der Waals surface area contributed by atoms with Gasteiger partial charge >= 0.3 is 0 Å². The third kappa shape index (κ3) is 3.57. The molecule has 26 heavy (non-hydrogen) atoms. The van der Waals surface area contributed by atoms with Crippen LogP contribution in [0.2, 0.25) is 0 Å². The summed E-state index contributed by atoms with van der Waals surface area (Å²) in [5.74, 6) is 1.65. The Hall–Kier alpha value is -3.21. The fourth-order valence-electron chi connectivity index (χ4n) is 3.04. The lowest BCUT2D eigenvalue weighted by molar-refractivity contribution is 0.0938. The maximum atomic E-state index is 12.3. The van der Waals surface area contributed by atoms with Gasteiger partial charge in [0.1, 0.15) is 5.75 Å². The minimum absolute atomic E-state index is 0.163. The van der Waals surface area contributed by atoms with Gasteiger partial charge in [0.15, 0.2) is 5.82 Å². The van der Waals surface area contributed by atoms with E-state index < -0.39 is 0 Å². The van der Waals surface area contributed by atoms with E-state index in [2.05, 4.69) is 21.4 Å². The number of nitrogens with zero attached hydrogens (tertiary/aromatic N) is 2. The Morgan fingerprint density at radius 3 is 2.58 bits per heavy atom. The minimum atomic E-state index is -0.163. The number of ether oxygens (including phenoxy) is 1. The van der Waals surface area contributed by atoms with Gasteiger partial charge in [0.05, 0.1) is 12.2 Å². The molecule has 0 unspecified atom stereocenters. The lowest BCUT2D eigenvalue weighted by Gasteiger charge is -2.25. The minimum Gasteiger partial charge on any atom is -0.493 e. The number of rotatable bonds is 4. The van der Waals surface area contributed by atoms with Crippen LogP contribution in [0.5, 0.6) is 5.75 Å². The van der Waals surface area contributed by atoms with Crippen LogP contribution >= 0.6 is 0 Å². The quantitative estimate of drug-likeness (QED) is 0.789. The monoisotopic (exact) mass is 345 g/mol. The van der Waals surface area contributed by atoms with Gasteiger partial charge < -0.3 is 10.1 Å². The van der Waals surface area contributed by atoms with E-state index in [4.69, 9.17) is 4.74 Å². The largest absolute Gasteiger partial charge is 0.493 e. The van der Waals surface area contributed by atoms with Crippen LogP contribution in [0.3, 0.4) is 0 Å². The van der Waals surface area contributed by atoms with E-state index in [0.29, 0.717) is 24.5 Å². The Labute approximate surface area is 152 Å². The van der Waals surface area contributed by atoms with Gasteiger partial charge in [-0.25, -0.2) is 9.97 Å². The highest BCUT2D eigenvalue weighted by molar-refractivity contribution is 5.93. The second kappa shape index (κ2) is 7.35. The zero-order valence-corrected chi connectivity index (χ0v) is 14.3. The van der Waals surface area contributed by atoms with E-state index in [1.165, 1.54) is 5.56 Å². The number of carbonyl (C=O) groups is 1. The summed E-state index contributed by atoms with van der Waals surface area (Å²) in [5, 5.41) is 2.96. The molecule has 1 N–H and O–H groups in total. The maximum Gasteiger partial charge on any atom is 0.254 e. The molecule has 0 bridgehead atoms. The normalized spacial score (nSPS) is 15.6. The Bertz CT molecular complexity index is 895. The molecule has 2 aromatic carbocycles. The van der Waals surface area contributed by atoms with Crippen LogP contribution in [0, 0.1) is 5.92 Å². The number of amides is 1. The van der Waals surface area contributed by atoms with Crippen LogP contribution in [-0.2, 0) is 6.42 Å². The number of benzene rings is 2. The number of fused-ring (bicyclic) bond motifs is 1. The second-order valence-corrected chi connectivity index (χ2v) is 6.36. The predicted molar refractivity (Wildman–Crippen MR) is 98.9 cm³/mol. The topological polar surface area (TPSA) is 64.1 Å². The first-order valence-electron chi connectivity index (χ1n) is 8.66. The maximum absolute atomic E-state index is 12.3. The molecular weight excluding hydrogens is 326 g/mol. The van der Waals surface area contributed by atoms with Crippen LogP contribution in [0.4, 0.5) is 0 Å². The molecule has 3 aromatic rings. The van der Waals surface area contributed by atoms with Crippen molar-refractivity contribution in [3.05, 3.63) is 78.1 Å². The summed E-state index contributed by atoms with van der Waals surface area (Å²) in [7, 11) is 0. The average molecular weight is 345 g/mol. The van der Waals surface area contributed by atoms with Crippen molar-refractivity contribution in [1.82, 2.24) is 15.3 Å². The molecule has 5 nitrogen and oxygen atoms in total. The summed E-state index contributed by atoms with van der Waals surface area (Å²) in [5.41, 5.74) is 2.58. The smallest absolute Gasteiger partial charge is 0.254 e. The molecule has 0 fully saturated rings. The molecular formula is C21H19N3O2. The average Bonchev–Trinajstić information content (AvgIpc) is 2.72. The Morgan fingerprint density at radius 1 is 1.04 bits per heavy atom. The molecule has 4 rings (SSSR count). The summed E-state index contributed by atoms with van der Waals surface area (Å²) in [6.07, 6.45) is 4.04. The molecule has 0 spiro atoms. The Kier molecular flexibility index (Phi) is 4.60. The summed E-state index contributed by atoms with van der Waals surface area (Å²) in [6, 6.07) is 17.7. The lowest BCUT2D eigenvalue weighted by atomic mass is 9.97. The first-order chi connectivity index (χ1) is 12.8. The molecule has 0 saturated carbocycles. The van der Waals surface area contributed by atoms with Gasteiger partial charge in [-0.3, -0.25) is 4.79 Å². The first-order valence-corrected chi connectivity index (χ1v) is 8.66. The number of aromatic nitrogens is 2. The molecule has 1 aromatic heterocycles. The Balaban J connectivity index is 1.35. The third-order valence-electron chi connectivity index (χ3n) is 4.45. The number of carbonyl (C=O) groups excluding carboxylic acids is 1. The van der Waals surface area contributed by atoms with E-state index in [1.54, 1.807) is 12.4 Å². The third-order valence-corrected chi connectivity index (χ3v) is 4.45. The van der Waals surface area contributed by atoms with Gasteiger partial charge in [-0.05, 0) is 18.1 Å². The number of hydrogen-bond donors (Lipinski definition) is 1. The van der Waals surface area contributed by atoms with Crippen LogP contribution in [0.15, 0.2) is 67.0 Å². The van der Waals surface area contributed by atoms with E-state index >= 15 is 0 Å². The lowest BCUT2D eigenvalue weighted by Crippen LogP contribution is -2.34. The van der Waals surface area contributed by atoms with Crippen LogP contribution < -0.4 is 10.1 Å². The molecule has 1 aliphatic heterocycles. The fraction of sp³-hybridized carbons (Fsp3) is 0.190. The van der Waals surface area contributed by atoms with Gasteiger partial charge in [0.2, 0.25) is 0 Å². The highest BCUT2D eigenvalue weighted by Gasteiger charge is 2.20. The van der Waals surface area contributed by atoms with Crippen molar-refractivity contribution in [3.63, 3.8) is 0 Å². The number of para-hydroxylation sites is 1. The zero-order chi connectivity index (χ0) is 17.8. The van der Waals surface area contributed by atoms with Crippen molar-refractivity contribution in [2.75, 3.05) is 13.2 Å². The van der Waals surface area contributed by atoms with Crippen molar-refractivity contribution in [2.45, 2.75) is 6.42 Å². The van der Waals surface area contributed by atoms with Gasteiger partial charge in [0.25, 0.3) is 5.91 Å². The van der Waals surface area contributed by atoms with Gasteiger partial charge in [-0.1, -0.05) is 48.5 Å². The predicted octanol–water partition coefficient (Wildman–Crippen LogP) is 3.12. The number of hydrogen-bond acceptors (Lipinski definition) is 4. The van der Waals surface area contributed by atoms with E-state index in [1.807, 2.05) is 48.5 Å². The zero-order valence-electron chi connectivity index (χ0n) is 14.3. The number of nitrogens with one attached hydrogen (secondary N) is 1. The fourth-order valence-corrected chi connectivity index (χ4v) is 3.04. The highest BCUT2D eigenvalue weighted by Crippen LogP contribution is 2.26. The van der Waals surface area contributed by atoms with Crippen LogP contribution in [0.25, 0.3) is 11.4 Å². The van der Waals surface area contributed by atoms with Gasteiger partial charge in [-0.15, -0.1) is 0 Å². The molecule has 1 atom stereocenters. The molecule has 2 heterocycles. The first kappa shape index (κ1) is 16.3. The molecule has 130 valence electrons. The SMILES string of the molecule is O=C(NC[C@H]1COc2ccccc2C1)c1cnc(-c2ccccc2)nc1. The van der Waals surface area contributed by atoms with Crippen molar-refractivity contribution < 1.29 is 9.53 Å². The standard InChI is InChI=1S/C21H19N3O2/c25-21(18-12-22-20(23-13-18)16-6-2-1-3-7-16)24-11-15-10-17-8-4-5-9-19(17)26-14-15/h1-9,12-13,15H,10-11,14H2,(H,24,25)/t15-/m0/s1. The summed E-state index contributed by atoms with van der Waals surface area (Å²) in [6.45, 7) is 1.17. The molecule has 0 aliphatic carbocycles. The second-order valence-electron chi connectivity index (χ2n) is 6.36.